The summed E-state index contributed by atoms with van der Waals surface area (Å²) in [7, 11) is 0. The number of fused-ring (bicyclic) bond motifs is 1. The molecule has 3 N–H and O–H groups in total. The summed E-state index contributed by atoms with van der Waals surface area (Å²) in [5.74, 6) is 0. The first-order chi connectivity index (χ1) is 12.0. The van der Waals surface area contributed by atoms with Crippen molar-refractivity contribution in [2.75, 3.05) is 11.9 Å². The summed E-state index contributed by atoms with van der Waals surface area (Å²) in [5, 5.41) is 7.04. The second kappa shape index (κ2) is 7.40. The van der Waals surface area contributed by atoms with Crippen LogP contribution in [0.5, 0.6) is 0 Å². The summed E-state index contributed by atoms with van der Waals surface area (Å²) in [5.41, 5.74) is 3.08. The maximum atomic E-state index is 12.1. The Morgan fingerprint density at radius 1 is 1.12 bits per heavy atom. The molecule has 0 bridgehead atoms. The first-order valence-corrected chi connectivity index (χ1v) is 8.32. The maximum absolute atomic E-state index is 12.1. The first-order valence-electron chi connectivity index (χ1n) is 7.94. The molecule has 2 aromatic carbocycles. The zero-order valence-electron chi connectivity index (χ0n) is 13.7. The van der Waals surface area contributed by atoms with Gasteiger partial charge < -0.3 is 15.6 Å². The summed E-state index contributed by atoms with van der Waals surface area (Å²) in [4.78, 5) is 26.9. The predicted octanol–water partition coefficient (Wildman–Crippen LogP) is 3.85. The molecule has 0 radical (unpaired) electrons. The van der Waals surface area contributed by atoms with Crippen molar-refractivity contribution in [3.63, 3.8) is 0 Å². The van der Waals surface area contributed by atoms with Crippen LogP contribution in [0, 0.1) is 6.92 Å². The summed E-state index contributed by atoms with van der Waals surface area (Å²) in [6.07, 6.45) is 0.452. The Labute approximate surface area is 150 Å². The molecule has 0 aliphatic carbocycles. The number of benzene rings is 2. The molecule has 1 heterocycles. The minimum absolute atomic E-state index is 0.127. The first kappa shape index (κ1) is 17.0. The lowest BCUT2D eigenvalue weighted by molar-refractivity contribution is 0.252. The Kier molecular flexibility index (Phi) is 5.05. The molecule has 0 saturated carbocycles. The van der Waals surface area contributed by atoms with Crippen LogP contribution < -0.4 is 16.2 Å². The van der Waals surface area contributed by atoms with Crippen molar-refractivity contribution in [2.24, 2.45) is 0 Å². The lowest BCUT2D eigenvalue weighted by atomic mass is 10.1. The number of aryl methyl sites for hydroxylation is 1. The highest BCUT2D eigenvalue weighted by atomic mass is 35.5. The molecule has 5 nitrogen and oxygen atoms in total. The Morgan fingerprint density at radius 3 is 2.64 bits per heavy atom. The molecular weight excluding hydrogens is 338 g/mol. The fourth-order valence-corrected chi connectivity index (χ4v) is 2.69. The number of pyridine rings is 1. The summed E-state index contributed by atoms with van der Waals surface area (Å²) in [6.45, 7) is 2.34. The monoisotopic (exact) mass is 355 g/mol. The van der Waals surface area contributed by atoms with Gasteiger partial charge >= 0.3 is 6.03 Å². The summed E-state index contributed by atoms with van der Waals surface area (Å²) in [6, 6.07) is 14.3. The van der Waals surface area contributed by atoms with E-state index in [4.69, 9.17) is 11.6 Å². The van der Waals surface area contributed by atoms with E-state index in [0.29, 0.717) is 29.2 Å². The minimum Gasteiger partial charge on any atom is -0.338 e. The number of nitrogens with one attached hydrogen (secondary N) is 3. The lowest BCUT2D eigenvalue weighted by Crippen LogP contribution is -2.31. The molecule has 2 amide bonds. The van der Waals surface area contributed by atoms with Gasteiger partial charge in [0.05, 0.1) is 0 Å². The molecule has 0 fully saturated rings. The number of rotatable bonds is 4. The van der Waals surface area contributed by atoms with Crippen LogP contribution in [-0.2, 0) is 6.42 Å². The van der Waals surface area contributed by atoms with E-state index in [1.54, 1.807) is 24.3 Å². The van der Waals surface area contributed by atoms with Crippen molar-refractivity contribution in [3.8, 4) is 0 Å². The maximum Gasteiger partial charge on any atom is 0.319 e. The summed E-state index contributed by atoms with van der Waals surface area (Å²) >= 11 is 5.80. The third-order valence-electron chi connectivity index (χ3n) is 3.86. The smallest absolute Gasteiger partial charge is 0.319 e. The van der Waals surface area contributed by atoms with Crippen molar-refractivity contribution in [3.05, 3.63) is 75.0 Å². The largest absolute Gasteiger partial charge is 0.338 e. The van der Waals surface area contributed by atoms with Crippen molar-refractivity contribution in [2.45, 2.75) is 13.3 Å². The van der Waals surface area contributed by atoms with Gasteiger partial charge in [-0.05, 0) is 60.7 Å². The minimum atomic E-state index is -0.324. The van der Waals surface area contributed by atoms with Crippen LogP contribution in [-0.4, -0.2) is 17.6 Å². The van der Waals surface area contributed by atoms with Crippen LogP contribution in [0.3, 0.4) is 0 Å². The molecule has 0 aliphatic rings. The Balaban J connectivity index is 1.60. The molecular formula is C19H18ClN3O2. The van der Waals surface area contributed by atoms with E-state index in [1.165, 1.54) is 0 Å². The number of H-pyrrole nitrogens is 1. The van der Waals surface area contributed by atoms with Crippen LogP contribution in [0.4, 0.5) is 10.5 Å². The topological polar surface area (TPSA) is 74.0 Å². The van der Waals surface area contributed by atoms with Crippen molar-refractivity contribution in [1.82, 2.24) is 10.3 Å². The molecule has 0 saturated heterocycles. The molecule has 0 spiro atoms. The number of anilines is 1. The quantitative estimate of drug-likeness (QED) is 0.665. The van der Waals surface area contributed by atoms with Gasteiger partial charge in [0.25, 0.3) is 5.56 Å². The Morgan fingerprint density at radius 2 is 1.88 bits per heavy atom. The van der Waals surface area contributed by atoms with Gasteiger partial charge in [-0.25, -0.2) is 4.79 Å². The number of urea groups is 1. The van der Waals surface area contributed by atoms with Gasteiger partial charge in [-0.15, -0.1) is 0 Å². The number of halogens is 1. The van der Waals surface area contributed by atoms with Gasteiger partial charge in [0.1, 0.15) is 0 Å². The van der Waals surface area contributed by atoms with Gasteiger partial charge in [0.15, 0.2) is 0 Å². The second-order valence-electron chi connectivity index (χ2n) is 5.85. The van der Waals surface area contributed by atoms with Crippen LogP contribution in [0.15, 0.2) is 53.3 Å². The third-order valence-corrected chi connectivity index (χ3v) is 4.11. The van der Waals surface area contributed by atoms with Gasteiger partial charge in [0, 0.05) is 28.3 Å². The second-order valence-corrected chi connectivity index (χ2v) is 6.29. The standard InChI is InChI=1S/C19H18ClN3O2/c1-12-2-3-13-11-14(18(24)23-17(13)10-12)8-9-21-19(25)22-16-6-4-15(20)5-7-16/h2-7,10-11H,8-9H2,1H3,(H,23,24)(H2,21,22,25). The van der Waals surface area contributed by atoms with E-state index in [9.17, 15) is 9.59 Å². The highest BCUT2D eigenvalue weighted by Gasteiger charge is 2.05. The zero-order valence-corrected chi connectivity index (χ0v) is 14.5. The summed E-state index contributed by atoms with van der Waals surface area (Å²) < 4.78 is 0. The van der Waals surface area contributed by atoms with Crippen molar-refractivity contribution in [1.29, 1.82) is 0 Å². The molecule has 0 atom stereocenters. The highest BCUT2D eigenvalue weighted by molar-refractivity contribution is 6.30. The van der Waals surface area contributed by atoms with Crippen molar-refractivity contribution < 1.29 is 4.79 Å². The number of amides is 2. The Bertz CT molecular complexity index is 965. The Hall–Kier alpha value is -2.79. The average Bonchev–Trinajstić information content (AvgIpc) is 2.57. The lowest BCUT2D eigenvalue weighted by Gasteiger charge is -2.08. The molecule has 0 aliphatic heterocycles. The van der Waals surface area contributed by atoms with Gasteiger partial charge in [0.2, 0.25) is 0 Å². The molecule has 25 heavy (non-hydrogen) atoms. The molecule has 3 aromatic rings. The van der Waals surface area contributed by atoms with Gasteiger partial charge in [-0.1, -0.05) is 23.7 Å². The van der Waals surface area contributed by atoms with Crippen LogP contribution in [0.2, 0.25) is 5.02 Å². The van der Waals surface area contributed by atoms with Crippen LogP contribution in [0.25, 0.3) is 10.9 Å². The number of aromatic amines is 1. The van der Waals surface area contributed by atoms with Gasteiger partial charge in [-0.3, -0.25) is 4.79 Å². The normalized spacial score (nSPS) is 10.6. The van der Waals surface area contributed by atoms with E-state index in [2.05, 4.69) is 15.6 Å². The van der Waals surface area contributed by atoms with E-state index in [1.807, 2.05) is 31.2 Å². The number of hydrogen-bond donors (Lipinski definition) is 3. The average molecular weight is 356 g/mol. The molecule has 6 heteroatoms. The highest BCUT2D eigenvalue weighted by Crippen LogP contribution is 2.14. The molecule has 0 unspecified atom stereocenters. The van der Waals surface area contributed by atoms with E-state index >= 15 is 0 Å². The SMILES string of the molecule is Cc1ccc2cc(CCNC(=O)Nc3ccc(Cl)cc3)c(=O)[nH]c2c1. The van der Waals surface area contributed by atoms with Crippen LogP contribution >= 0.6 is 11.6 Å². The number of carbonyl (C=O) groups excluding carboxylic acids is 1. The van der Waals surface area contributed by atoms with Crippen molar-refractivity contribution >= 4 is 34.2 Å². The fraction of sp³-hybridized carbons (Fsp3) is 0.158. The molecule has 128 valence electrons. The number of carbonyl (C=O) groups is 1. The van der Waals surface area contributed by atoms with Gasteiger partial charge in [-0.2, -0.15) is 0 Å². The zero-order chi connectivity index (χ0) is 17.8. The number of aromatic nitrogens is 1. The number of hydrogen-bond acceptors (Lipinski definition) is 2. The third kappa shape index (κ3) is 4.39. The fourth-order valence-electron chi connectivity index (χ4n) is 2.56. The van der Waals surface area contributed by atoms with Crippen LogP contribution in [0.1, 0.15) is 11.1 Å². The predicted molar refractivity (Wildman–Crippen MR) is 101 cm³/mol. The molecule has 1 aromatic heterocycles. The molecule has 3 rings (SSSR count). The van der Waals surface area contributed by atoms with E-state index in [-0.39, 0.29) is 11.6 Å². The van der Waals surface area contributed by atoms with E-state index < -0.39 is 0 Å². The van der Waals surface area contributed by atoms with E-state index in [0.717, 1.165) is 16.5 Å².